The molecule has 2 aromatic carbocycles. The molecular formula is C33H52N2O2. The van der Waals surface area contributed by atoms with Crippen molar-refractivity contribution in [2.24, 2.45) is 10.9 Å². The molecule has 37 heavy (non-hydrogen) atoms. The Hall–Kier alpha value is -3.27. The fourth-order valence-corrected chi connectivity index (χ4v) is 3.11. The van der Waals surface area contributed by atoms with Crippen LogP contribution < -0.4 is 10.4 Å². The first kappa shape index (κ1) is 38.3. The molecule has 0 aliphatic rings. The number of nitrogens with zero attached hydrogens (tertiary/aromatic N) is 2. The third kappa shape index (κ3) is 14.8. The van der Waals surface area contributed by atoms with Crippen LogP contribution in [0.15, 0.2) is 59.7 Å². The predicted octanol–water partition coefficient (Wildman–Crippen LogP) is 7.55. The smallest absolute Gasteiger partial charge is 0.253 e. The lowest BCUT2D eigenvalue weighted by atomic mass is 9.94. The number of carbonyl (C=O) groups is 2. The van der Waals surface area contributed by atoms with Gasteiger partial charge in [0.2, 0.25) is 0 Å². The quantitative estimate of drug-likeness (QED) is 0.391. The maximum atomic E-state index is 12.0. The van der Waals surface area contributed by atoms with E-state index in [-0.39, 0.29) is 17.6 Å². The summed E-state index contributed by atoms with van der Waals surface area (Å²) in [4.78, 5) is 28.9. The van der Waals surface area contributed by atoms with Gasteiger partial charge in [0.05, 0.1) is 0 Å². The Balaban J connectivity index is -0.000000819. The van der Waals surface area contributed by atoms with Gasteiger partial charge in [0, 0.05) is 31.4 Å². The van der Waals surface area contributed by atoms with E-state index >= 15 is 0 Å². The van der Waals surface area contributed by atoms with Crippen LogP contribution in [0.5, 0.6) is 0 Å². The van der Waals surface area contributed by atoms with E-state index in [2.05, 4.69) is 32.1 Å². The Morgan fingerprint density at radius 3 is 1.70 bits per heavy atom. The maximum Gasteiger partial charge on any atom is 0.253 e. The van der Waals surface area contributed by atoms with Crippen LogP contribution in [0.3, 0.4) is 0 Å². The molecule has 0 heterocycles. The Labute approximate surface area is 227 Å². The van der Waals surface area contributed by atoms with Gasteiger partial charge in [0.25, 0.3) is 5.91 Å². The average molecular weight is 509 g/mol. The Morgan fingerprint density at radius 2 is 1.41 bits per heavy atom. The van der Waals surface area contributed by atoms with E-state index in [1.54, 1.807) is 32.1 Å². The van der Waals surface area contributed by atoms with Gasteiger partial charge in [0.15, 0.2) is 5.78 Å². The van der Waals surface area contributed by atoms with Crippen molar-refractivity contribution in [3.63, 3.8) is 0 Å². The first-order valence-electron chi connectivity index (χ1n) is 13.3. The van der Waals surface area contributed by atoms with Crippen molar-refractivity contribution in [1.82, 2.24) is 4.90 Å². The van der Waals surface area contributed by atoms with Gasteiger partial charge in [-0.1, -0.05) is 98.7 Å². The number of benzene rings is 2. The van der Waals surface area contributed by atoms with Crippen LogP contribution in [-0.4, -0.2) is 37.4 Å². The van der Waals surface area contributed by atoms with E-state index in [9.17, 15) is 9.59 Å². The molecule has 0 unspecified atom stereocenters. The highest BCUT2D eigenvalue weighted by atomic mass is 16.2. The van der Waals surface area contributed by atoms with E-state index in [1.807, 2.05) is 97.0 Å². The number of amides is 1. The highest BCUT2D eigenvalue weighted by Crippen LogP contribution is 2.18. The number of allylic oxidation sites excluding steroid dienone is 1. The fourth-order valence-electron chi connectivity index (χ4n) is 3.11. The monoisotopic (exact) mass is 508 g/mol. The minimum absolute atomic E-state index is 0.0163. The Morgan fingerprint density at radius 1 is 0.946 bits per heavy atom. The van der Waals surface area contributed by atoms with E-state index < -0.39 is 0 Å². The molecular weight excluding hydrogens is 456 g/mol. The van der Waals surface area contributed by atoms with E-state index in [0.717, 1.165) is 27.1 Å². The van der Waals surface area contributed by atoms with Gasteiger partial charge in [0.1, 0.15) is 0 Å². The average Bonchev–Trinajstić information content (AvgIpc) is 2.88. The number of Topliss-reactive ketones (excluding diaryl/α,β-unsaturated/α-hetero) is 1. The molecule has 0 fully saturated rings. The van der Waals surface area contributed by atoms with Crippen LogP contribution in [-0.2, 0) is 4.79 Å². The van der Waals surface area contributed by atoms with Crippen LogP contribution in [0.2, 0.25) is 0 Å². The molecule has 206 valence electrons. The first-order valence-corrected chi connectivity index (χ1v) is 13.3. The van der Waals surface area contributed by atoms with Crippen LogP contribution in [0.25, 0.3) is 23.3 Å². The summed E-state index contributed by atoms with van der Waals surface area (Å²) in [5.74, 6) is 0.219. The molecule has 1 amide bonds. The first-order chi connectivity index (χ1) is 17.5. The molecule has 0 aromatic heterocycles. The van der Waals surface area contributed by atoms with Crippen molar-refractivity contribution in [3.05, 3.63) is 70.7 Å². The van der Waals surface area contributed by atoms with E-state index in [0.29, 0.717) is 5.56 Å². The zero-order valence-corrected chi connectivity index (χ0v) is 25.6. The van der Waals surface area contributed by atoms with Crippen molar-refractivity contribution >= 4 is 30.6 Å². The van der Waals surface area contributed by atoms with Crippen LogP contribution in [0, 0.1) is 5.92 Å². The van der Waals surface area contributed by atoms with Gasteiger partial charge in [-0.2, -0.15) is 0 Å². The summed E-state index contributed by atoms with van der Waals surface area (Å²) < 4.78 is 0. The molecule has 0 aliphatic heterocycles. The lowest BCUT2D eigenvalue weighted by Gasteiger charge is -2.11. The molecule has 4 heteroatoms. The third-order valence-corrected chi connectivity index (χ3v) is 4.48. The summed E-state index contributed by atoms with van der Waals surface area (Å²) in [6.07, 6.45) is 4.72. The minimum atomic E-state index is -0.0163. The zero-order chi connectivity index (χ0) is 29.6. The highest BCUT2D eigenvalue weighted by Gasteiger charge is 2.11. The topological polar surface area (TPSA) is 49.7 Å². The summed E-state index contributed by atoms with van der Waals surface area (Å²) >= 11 is 0. The molecule has 4 nitrogen and oxygen atoms in total. The molecule has 0 spiro atoms. The van der Waals surface area contributed by atoms with Crippen molar-refractivity contribution in [2.45, 2.75) is 75.7 Å². The molecule has 0 aliphatic carbocycles. The van der Waals surface area contributed by atoms with E-state index in [1.165, 1.54) is 6.42 Å². The van der Waals surface area contributed by atoms with Crippen molar-refractivity contribution in [3.8, 4) is 11.1 Å². The lowest BCUT2D eigenvalue weighted by molar-refractivity contribution is -0.112. The molecule has 0 saturated carbocycles. The number of hydrogen-bond acceptors (Lipinski definition) is 3. The molecule has 0 saturated heterocycles. The normalized spacial score (nSPS) is 10.2. The highest BCUT2D eigenvalue weighted by molar-refractivity contribution is 6.13. The van der Waals surface area contributed by atoms with E-state index in [4.69, 9.17) is 0 Å². The fraction of sp³-hybridized carbons (Fsp3) is 0.424. The second-order valence-corrected chi connectivity index (χ2v) is 8.15. The number of aliphatic imine (C=N–C) groups is 1. The summed E-state index contributed by atoms with van der Waals surface area (Å²) in [7, 11) is 3.48. The van der Waals surface area contributed by atoms with Crippen molar-refractivity contribution in [1.29, 1.82) is 0 Å². The third-order valence-electron chi connectivity index (χ3n) is 4.48. The SMILES string of the molecule is C=N/C=C\C.C=c1cc(-c2ccc(C(=O)N(C)C)cc2)cc/c1=C(\C(C)=O)C(C)C.CC.CC.CCC. The molecule has 0 N–H and O–H groups in total. The number of ketones is 1. The van der Waals surface area contributed by atoms with Crippen molar-refractivity contribution < 1.29 is 9.59 Å². The van der Waals surface area contributed by atoms with Gasteiger partial charge < -0.3 is 4.90 Å². The minimum Gasteiger partial charge on any atom is -0.345 e. The standard InChI is InChI=1S/C22H25NO2.C4H7N.C3H8.2C2H6/c1-14(2)21(16(4)24)20-12-11-19(13-15(20)3)17-7-9-18(10-8-17)22(25)23(5)6;1-3-4-5-2;1-3-2;2*1-2/h7-14H,3H2,1-2,4-6H3;3-4H,2H2,1H3;3H2,1-2H3;2*1-2H3/b21-20+;4-3-;;;. The molecule has 2 aromatic rings. The zero-order valence-electron chi connectivity index (χ0n) is 25.6. The van der Waals surface area contributed by atoms with Crippen LogP contribution in [0.1, 0.15) is 86.0 Å². The summed E-state index contributed by atoms with van der Waals surface area (Å²) in [6.45, 7) is 27.1. The molecule has 0 radical (unpaired) electrons. The summed E-state index contributed by atoms with van der Waals surface area (Å²) in [6, 6.07) is 13.5. The maximum absolute atomic E-state index is 12.0. The molecule has 2 rings (SSSR count). The van der Waals surface area contributed by atoms with Crippen molar-refractivity contribution in [2.75, 3.05) is 14.1 Å². The summed E-state index contributed by atoms with van der Waals surface area (Å²) in [5.41, 5.74) is 3.50. The van der Waals surface area contributed by atoms with Gasteiger partial charge in [-0.25, -0.2) is 0 Å². The largest absolute Gasteiger partial charge is 0.345 e. The number of hydrogen-bond donors (Lipinski definition) is 0. The Bertz CT molecular complexity index is 1050. The molecule has 0 bridgehead atoms. The predicted molar refractivity (Wildman–Crippen MR) is 167 cm³/mol. The molecule has 0 atom stereocenters. The summed E-state index contributed by atoms with van der Waals surface area (Å²) in [5, 5.41) is 1.75. The lowest BCUT2D eigenvalue weighted by Crippen LogP contribution is -2.29. The second kappa shape index (κ2) is 23.1. The van der Waals surface area contributed by atoms with Gasteiger partial charge >= 0.3 is 0 Å². The number of rotatable bonds is 5. The van der Waals surface area contributed by atoms with Crippen LogP contribution >= 0.6 is 0 Å². The second-order valence-electron chi connectivity index (χ2n) is 8.15. The number of carbonyl (C=O) groups excluding carboxylic acids is 2. The van der Waals surface area contributed by atoms with Gasteiger partial charge in [-0.15, -0.1) is 0 Å². The Kier molecular flexibility index (Phi) is 23.9. The van der Waals surface area contributed by atoms with Crippen LogP contribution in [0.4, 0.5) is 0 Å². The van der Waals surface area contributed by atoms with Gasteiger partial charge in [-0.3, -0.25) is 14.6 Å². The van der Waals surface area contributed by atoms with Gasteiger partial charge in [-0.05, 0) is 66.2 Å².